The number of aromatic nitrogens is 4. The molecule has 53 heavy (non-hydrogen) atoms. The number of hydrogen-bond donors (Lipinski definition) is 0. The molecule has 2 heterocycles. The molecule has 250 valence electrons. The fraction of sp³-hybridized carbons (Fsp3) is 0.0816. The van der Waals surface area contributed by atoms with E-state index in [2.05, 4.69) is 158 Å². The first kappa shape index (κ1) is 30.0. The van der Waals surface area contributed by atoms with Crippen molar-refractivity contribution in [1.82, 2.24) is 19.5 Å². The molecular formula is C49H34N4. The van der Waals surface area contributed by atoms with E-state index in [1.54, 1.807) is 0 Å². The van der Waals surface area contributed by atoms with Crippen molar-refractivity contribution < 1.29 is 0 Å². The summed E-state index contributed by atoms with van der Waals surface area (Å²) in [5.41, 5.74) is 16.9. The van der Waals surface area contributed by atoms with Crippen LogP contribution in [0.1, 0.15) is 36.1 Å². The number of fused-ring (bicyclic) bond motifs is 10. The predicted octanol–water partition coefficient (Wildman–Crippen LogP) is 11.8. The van der Waals surface area contributed by atoms with Crippen LogP contribution in [0.15, 0.2) is 158 Å². The molecule has 0 spiro atoms. The van der Waals surface area contributed by atoms with Gasteiger partial charge in [0.2, 0.25) is 0 Å². The maximum atomic E-state index is 5.22. The maximum absolute atomic E-state index is 5.22. The first-order chi connectivity index (χ1) is 26.0. The summed E-state index contributed by atoms with van der Waals surface area (Å²) < 4.78 is 2.44. The van der Waals surface area contributed by atoms with Crippen molar-refractivity contribution in [3.8, 4) is 62.1 Å². The first-order valence-electron chi connectivity index (χ1n) is 18.3. The fourth-order valence-electron chi connectivity index (χ4n) is 8.93. The molecule has 0 unspecified atom stereocenters. The second kappa shape index (κ2) is 11.2. The van der Waals surface area contributed by atoms with Gasteiger partial charge in [-0.1, -0.05) is 147 Å². The zero-order chi connectivity index (χ0) is 35.3. The lowest BCUT2D eigenvalue weighted by Crippen LogP contribution is -2.15. The van der Waals surface area contributed by atoms with Gasteiger partial charge >= 0.3 is 0 Å². The van der Waals surface area contributed by atoms with Crippen LogP contribution in [0.2, 0.25) is 0 Å². The molecule has 11 rings (SSSR count). The first-order valence-corrected chi connectivity index (χ1v) is 18.3. The van der Waals surface area contributed by atoms with Gasteiger partial charge in [0.25, 0.3) is 0 Å². The van der Waals surface area contributed by atoms with Crippen molar-refractivity contribution >= 4 is 21.8 Å². The fourth-order valence-corrected chi connectivity index (χ4v) is 8.93. The van der Waals surface area contributed by atoms with Crippen LogP contribution in [0.4, 0.5) is 0 Å². The smallest absolute Gasteiger partial charge is 0.164 e. The van der Waals surface area contributed by atoms with Crippen molar-refractivity contribution in [2.24, 2.45) is 0 Å². The van der Waals surface area contributed by atoms with Gasteiger partial charge < -0.3 is 4.57 Å². The molecule has 0 aliphatic heterocycles. The third-order valence-corrected chi connectivity index (χ3v) is 11.5. The van der Waals surface area contributed by atoms with Crippen LogP contribution in [0.5, 0.6) is 0 Å². The average Bonchev–Trinajstić information content (AvgIpc) is 3.84. The van der Waals surface area contributed by atoms with E-state index in [-0.39, 0.29) is 5.41 Å². The van der Waals surface area contributed by atoms with Crippen LogP contribution < -0.4 is 0 Å². The van der Waals surface area contributed by atoms with Crippen LogP contribution in [-0.2, 0) is 11.8 Å². The Morgan fingerprint density at radius 3 is 1.96 bits per heavy atom. The summed E-state index contributed by atoms with van der Waals surface area (Å²) in [7, 11) is 0. The summed E-state index contributed by atoms with van der Waals surface area (Å²) in [6, 6.07) is 56.5. The Labute approximate surface area is 308 Å². The summed E-state index contributed by atoms with van der Waals surface area (Å²) in [4.78, 5) is 15.5. The van der Waals surface area contributed by atoms with Crippen molar-refractivity contribution in [3.63, 3.8) is 0 Å². The molecule has 0 bridgehead atoms. The van der Waals surface area contributed by atoms with E-state index >= 15 is 0 Å². The van der Waals surface area contributed by atoms with Crippen molar-refractivity contribution in [1.29, 1.82) is 0 Å². The number of benzene rings is 7. The van der Waals surface area contributed by atoms with Crippen molar-refractivity contribution in [3.05, 3.63) is 180 Å². The van der Waals surface area contributed by atoms with Crippen molar-refractivity contribution in [2.45, 2.75) is 25.7 Å². The van der Waals surface area contributed by atoms with Gasteiger partial charge in [-0.15, -0.1) is 0 Å². The Kier molecular flexibility index (Phi) is 6.33. The molecule has 7 aromatic carbocycles. The maximum Gasteiger partial charge on any atom is 0.164 e. The lowest BCUT2D eigenvalue weighted by molar-refractivity contribution is 0.660. The van der Waals surface area contributed by atoms with Gasteiger partial charge in [0.1, 0.15) is 0 Å². The quantitative estimate of drug-likeness (QED) is 0.186. The number of nitrogens with zero attached hydrogens (tertiary/aromatic N) is 4. The van der Waals surface area contributed by atoms with E-state index < -0.39 is 0 Å². The molecule has 0 N–H and O–H groups in total. The number of rotatable bonds is 4. The topological polar surface area (TPSA) is 43.6 Å². The molecule has 0 amide bonds. The highest BCUT2D eigenvalue weighted by atomic mass is 15.0. The zero-order valence-corrected chi connectivity index (χ0v) is 29.5. The standard InChI is InChI=1S/C49H34N4/c1-49(2)42-21-10-8-19-37(42)38-24-23-33(29-43(38)49)48-51-46(30-13-4-3-5-14-30)50-47(52-48)32-16-12-17-34(27-32)53-44-22-11-9-20-39(44)40-26-25-36-35-18-7-6-15-31(35)28-41(36)45(40)53/h3-27,29H,28H2,1-2H3. The molecule has 4 nitrogen and oxygen atoms in total. The van der Waals surface area contributed by atoms with Gasteiger partial charge in [0.05, 0.1) is 11.0 Å². The largest absolute Gasteiger partial charge is 0.309 e. The highest BCUT2D eigenvalue weighted by Gasteiger charge is 2.35. The molecule has 0 saturated heterocycles. The summed E-state index contributed by atoms with van der Waals surface area (Å²) in [6.45, 7) is 4.62. The van der Waals surface area contributed by atoms with E-state index in [4.69, 9.17) is 15.0 Å². The second-order valence-electron chi connectivity index (χ2n) is 14.8. The Morgan fingerprint density at radius 1 is 0.472 bits per heavy atom. The van der Waals surface area contributed by atoms with Gasteiger partial charge in [0, 0.05) is 45.0 Å². The Hall–Kier alpha value is -6.65. The van der Waals surface area contributed by atoms with E-state index in [0.29, 0.717) is 17.5 Å². The molecule has 4 heteroatoms. The molecule has 0 radical (unpaired) electrons. The van der Waals surface area contributed by atoms with E-state index in [9.17, 15) is 0 Å². The molecule has 0 saturated carbocycles. The van der Waals surface area contributed by atoms with Crippen LogP contribution in [0.3, 0.4) is 0 Å². The Morgan fingerprint density at radius 2 is 1.11 bits per heavy atom. The molecule has 2 aromatic heterocycles. The zero-order valence-electron chi connectivity index (χ0n) is 29.5. The minimum Gasteiger partial charge on any atom is -0.309 e. The van der Waals surface area contributed by atoms with Crippen LogP contribution in [0, 0.1) is 0 Å². The van der Waals surface area contributed by atoms with Crippen LogP contribution in [-0.4, -0.2) is 19.5 Å². The van der Waals surface area contributed by atoms with Crippen LogP contribution in [0.25, 0.3) is 83.9 Å². The highest BCUT2D eigenvalue weighted by Crippen LogP contribution is 2.49. The van der Waals surface area contributed by atoms with Gasteiger partial charge in [0.15, 0.2) is 17.5 Å². The molecule has 0 fully saturated rings. The molecule has 9 aromatic rings. The molecular weight excluding hydrogens is 645 g/mol. The number of hydrogen-bond acceptors (Lipinski definition) is 3. The summed E-state index contributed by atoms with van der Waals surface area (Å²) in [5.74, 6) is 1.98. The van der Waals surface area contributed by atoms with Gasteiger partial charge in [-0.2, -0.15) is 0 Å². The minimum atomic E-state index is -0.127. The molecule has 2 aliphatic rings. The minimum absolute atomic E-state index is 0.127. The third kappa shape index (κ3) is 4.45. The average molecular weight is 679 g/mol. The summed E-state index contributed by atoms with van der Waals surface area (Å²) in [6.07, 6.45) is 0.915. The monoisotopic (exact) mass is 678 g/mol. The van der Waals surface area contributed by atoms with Gasteiger partial charge in [-0.05, 0) is 68.8 Å². The lowest BCUT2D eigenvalue weighted by atomic mass is 9.82. The molecule has 2 aliphatic carbocycles. The molecule has 0 atom stereocenters. The van der Waals surface area contributed by atoms with Crippen LogP contribution >= 0.6 is 0 Å². The third-order valence-electron chi connectivity index (χ3n) is 11.5. The van der Waals surface area contributed by atoms with E-state index in [1.165, 1.54) is 66.3 Å². The summed E-state index contributed by atoms with van der Waals surface area (Å²) >= 11 is 0. The Balaban J connectivity index is 1.10. The van der Waals surface area contributed by atoms with E-state index in [1.807, 2.05) is 18.2 Å². The predicted molar refractivity (Wildman–Crippen MR) is 216 cm³/mol. The highest BCUT2D eigenvalue weighted by molar-refractivity contribution is 6.12. The summed E-state index contributed by atoms with van der Waals surface area (Å²) in [5, 5.41) is 2.52. The second-order valence-corrected chi connectivity index (χ2v) is 14.8. The number of para-hydroxylation sites is 1. The van der Waals surface area contributed by atoms with E-state index in [0.717, 1.165) is 28.8 Å². The Bertz CT molecular complexity index is 2950. The SMILES string of the molecule is CC1(C)c2ccccc2-c2ccc(-c3nc(-c4ccccc4)nc(-c4cccc(-n5c6ccccc6c6ccc7c(c65)Cc5ccccc5-7)c4)n3)cc21. The van der Waals surface area contributed by atoms with Gasteiger partial charge in [-0.25, -0.2) is 15.0 Å². The lowest BCUT2D eigenvalue weighted by Gasteiger charge is -2.21. The normalized spacial score (nSPS) is 13.5. The van der Waals surface area contributed by atoms with Crippen molar-refractivity contribution in [2.75, 3.05) is 0 Å². The van der Waals surface area contributed by atoms with Gasteiger partial charge in [-0.3, -0.25) is 0 Å².